The van der Waals surface area contributed by atoms with Crippen molar-refractivity contribution in [3.8, 4) is 11.5 Å². The van der Waals surface area contributed by atoms with Crippen molar-refractivity contribution in [1.29, 1.82) is 0 Å². The molecule has 0 spiro atoms. The molecule has 0 aliphatic carbocycles. The highest BCUT2D eigenvalue weighted by molar-refractivity contribution is 5.85. The zero-order valence-electron chi connectivity index (χ0n) is 17.1. The molecule has 2 amide bonds. The number of rotatable bonds is 10. The third-order valence-corrected chi connectivity index (χ3v) is 4.70. The van der Waals surface area contributed by atoms with Gasteiger partial charge in [-0.2, -0.15) is 0 Å². The van der Waals surface area contributed by atoms with Crippen LogP contribution in [0.25, 0.3) is 0 Å². The van der Waals surface area contributed by atoms with Crippen LogP contribution in [0.2, 0.25) is 0 Å². The fourth-order valence-electron chi connectivity index (χ4n) is 3.11. The van der Waals surface area contributed by atoms with Gasteiger partial charge in [0.15, 0.2) is 11.5 Å². The molecule has 0 aromatic heterocycles. The van der Waals surface area contributed by atoms with Crippen LogP contribution in [0.5, 0.6) is 11.5 Å². The van der Waals surface area contributed by atoms with Crippen LogP contribution >= 0.6 is 0 Å². The first kappa shape index (κ1) is 22.0. The number of nitrogens with zero attached hydrogens (tertiary/aromatic N) is 2. The van der Waals surface area contributed by atoms with E-state index in [0.29, 0.717) is 13.1 Å². The third-order valence-electron chi connectivity index (χ3n) is 4.70. The number of piperazine rings is 1. The van der Waals surface area contributed by atoms with Gasteiger partial charge in [0, 0.05) is 39.3 Å². The average Bonchev–Trinajstić information content (AvgIpc) is 2.72. The Morgan fingerprint density at radius 2 is 1.64 bits per heavy atom. The normalized spacial score (nSPS) is 15.1. The predicted octanol–water partition coefficient (Wildman–Crippen LogP) is 0.464. The third kappa shape index (κ3) is 7.01. The second-order valence-corrected chi connectivity index (χ2v) is 6.87. The number of hydrogen-bond donors (Lipinski definition) is 2. The van der Waals surface area contributed by atoms with Gasteiger partial charge < -0.3 is 20.1 Å². The molecule has 8 nitrogen and oxygen atoms in total. The number of amides is 2. The Morgan fingerprint density at radius 1 is 0.964 bits per heavy atom. The van der Waals surface area contributed by atoms with Crippen molar-refractivity contribution in [2.75, 3.05) is 60.0 Å². The molecular formula is C20H32N4O4. The predicted molar refractivity (Wildman–Crippen MR) is 108 cm³/mol. The fraction of sp³-hybridized carbons (Fsp3) is 0.600. The largest absolute Gasteiger partial charge is 0.493 e. The lowest BCUT2D eigenvalue weighted by molar-refractivity contribution is -0.127. The maximum absolute atomic E-state index is 12.0. The van der Waals surface area contributed by atoms with Crippen LogP contribution in [0, 0.1) is 0 Å². The lowest BCUT2D eigenvalue weighted by Gasteiger charge is -2.34. The van der Waals surface area contributed by atoms with Crippen LogP contribution in [0.1, 0.15) is 18.9 Å². The van der Waals surface area contributed by atoms with Crippen LogP contribution in [0.4, 0.5) is 0 Å². The number of benzene rings is 1. The fourth-order valence-corrected chi connectivity index (χ4v) is 3.11. The van der Waals surface area contributed by atoms with E-state index in [4.69, 9.17) is 9.47 Å². The van der Waals surface area contributed by atoms with E-state index in [1.165, 1.54) is 5.56 Å². The summed E-state index contributed by atoms with van der Waals surface area (Å²) in [5, 5.41) is 5.43. The summed E-state index contributed by atoms with van der Waals surface area (Å²) in [6.07, 6.45) is 0.882. The SMILES string of the molecule is CCCNC(=O)CNC(=O)CN1CCN(Cc2ccc(OC)c(OC)c2)CC1. The van der Waals surface area contributed by atoms with Crippen molar-refractivity contribution in [2.24, 2.45) is 0 Å². The first-order chi connectivity index (χ1) is 13.5. The van der Waals surface area contributed by atoms with Gasteiger partial charge in [0.25, 0.3) is 0 Å². The Kier molecular flexibility index (Phi) is 9.03. The standard InChI is InChI=1S/C20H32N4O4/c1-4-7-21-19(25)13-22-20(26)15-24-10-8-23(9-11-24)14-16-5-6-17(27-2)18(12-16)28-3/h5-6,12H,4,7-11,13-15H2,1-3H3,(H,21,25)(H,22,26). The molecule has 1 aromatic rings. The highest BCUT2D eigenvalue weighted by Crippen LogP contribution is 2.28. The van der Waals surface area contributed by atoms with E-state index in [1.807, 2.05) is 25.1 Å². The quantitative estimate of drug-likeness (QED) is 0.602. The Morgan fingerprint density at radius 3 is 2.29 bits per heavy atom. The van der Waals surface area contributed by atoms with Gasteiger partial charge in [-0.15, -0.1) is 0 Å². The minimum absolute atomic E-state index is 0.0398. The molecule has 0 bridgehead atoms. The molecule has 2 rings (SSSR count). The summed E-state index contributed by atoms with van der Waals surface area (Å²) in [5.41, 5.74) is 1.17. The number of hydrogen-bond acceptors (Lipinski definition) is 6. The highest BCUT2D eigenvalue weighted by atomic mass is 16.5. The molecule has 156 valence electrons. The summed E-state index contributed by atoms with van der Waals surface area (Å²) in [5.74, 6) is 1.21. The number of carbonyl (C=O) groups excluding carboxylic acids is 2. The highest BCUT2D eigenvalue weighted by Gasteiger charge is 2.19. The van der Waals surface area contributed by atoms with Gasteiger partial charge in [0.2, 0.25) is 11.8 Å². The summed E-state index contributed by atoms with van der Waals surface area (Å²) < 4.78 is 10.6. The summed E-state index contributed by atoms with van der Waals surface area (Å²) in [6, 6.07) is 5.97. The summed E-state index contributed by atoms with van der Waals surface area (Å²) >= 11 is 0. The molecule has 1 aliphatic heterocycles. The van der Waals surface area contributed by atoms with E-state index < -0.39 is 0 Å². The number of nitrogens with one attached hydrogen (secondary N) is 2. The van der Waals surface area contributed by atoms with Gasteiger partial charge in [-0.1, -0.05) is 13.0 Å². The number of carbonyl (C=O) groups is 2. The summed E-state index contributed by atoms with van der Waals surface area (Å²) in [6.45, 7) is 7.24. The lowest BCUT2D eigenvalue weighted by atomic mass is 10.1. The number of methoxy groups -OCH3 is 2. The van der Waals surface area contributed by atoms with Crippen LogP contribution < -0.4 is 20.1 Å². The molecule has 1 aliphatic rings. The first-order valence-electron chi connectivity index (χ1n) is 9.74. The molecule has 1 fully saturated rings. The molecule has 1 heterocycles. The molecule has 0 unspecified atom stereocenters. The van der Waals surface area contributed by atoms with Crippen molar-refractivity contribution >= 4 is 11.8 Å². The zero-order valence-corrected chi connectivity index (χ0v) is 17.1. The Hall–Kier alpha value is -2.32. The Bertz CT molecular complexity index is 645. The van der Waals surface area contributed by atoms with Gasteiger partial charge in [0.05, 0.1) is 27.3 Å². The molecule has 0 radical (unpaired) electrons. The second-order valence-electron chi connectivity index (χ2n) is 6.87. The van der Waals surface area contributed by atoms with Crippen LogP contribution in [-0.4, -0.2) is 81.6 Å². The van der Waals surface area contributed by atoms with Gasteiger partial charge in [-0.25, -0.2) is 0 Å². The van der Waals surface area contributed by atoms with E-state index >= 15 is 0 Å². The van der Waals surface area contributed by atoms with Gasteiger partial charge >= 0.3 is 0 Å². The number of ether oxygens (including phenoxy) is 2. The van der Waals surface area contributed by atoms with Crippen molar-refractivity contribution in [3.05, 3.63) is 23.8 Å². The van der Waals surface area contributed by atoms with Gasteiger partial charge in [0.1, 0.15) is 0 Å². The van der Waals surface area contributed by atoms with E-state index in [9.17, 15) is 9.59 Å². The maximum atomic E-state index is 12.0. The minimum atomic E-state index is -0.144. The van der Waals surface area contributed by atoms with E-state index in [2.05, 4.69) is 20.4 Å². The Labute approximate surface area is 167 Å². The van der Waals surface area contributed by atoms with Crippen molar-refractivity contribution in [3.63, 3.8) is 0 Å². The molecule has 8 heteroatoms. The zero-order chi connectivity index (χ0) is 20.4. The summed E-state index contributed by atoms with van der Waals surface area (Å²) in [4.78, 5) is 28.0. The molecule has 0 atom stereocenters. The molecule has 1 aromatic carbocycles. The monoisotopic (exact) mass is 392 g/mol. The van der Waals surface area contributed by atoms with E-state index in [-0.39, 0.29) is 18.4 Å². The van der Waals surface area contributed by atoms with E-state index in [1.54, 1.807) is 14.2 Å². The van der Waals surface area contributed by atoms with Crippen molar-refractivity contribution in [2.45, 2.75) is 19.9 Å². The van der Waals surface area contributed by atoms with Crippen molar-refractivity contribution in [1.82, 2.24) is 20.4 Å². The lowest BCUT2D eigenvalue weighted by Crippen LogP contribution is -2.49. The van der Waals surface area contributed by atoms with Gasteiger partial charge in [-0.3, -0.25) is 19.4 Å². The minimum Gasteiger partial charge on any atom is -0.493 e. The second kappa shape index (κ2) is 11.5. The average molecular weight is 393 g/mol. The van der Waals surface area contributed by atoms with Crippen LogP contribution in [-0.2, 0) is 16.1 Å². The van der Waals surface area contributed by atoms with E-state index in [0.717, 1.165) is 50.6 Å². The summed E-state index contributed by atoms with van der Waals surface area (Å²) in [7, 11) is 3.27. The smallest absolute Gasteiger partial charge is 0.239 e. The Balaban J connectivity index is 1.71. The first-order valence-corrected chi connectivity index (χ1v) is 9.74. The molecule has 0 saturated carbocycles. The van der Waals surface area contributed by atoms with Crippen LogP contribution in [0.15, 0.2) is 18.2 Å². The maximum Gasteiger partial charge on any atom is 0.239 e. The molecular weight excluding hydrogens is 360 g/mol. The van der Waals surface area contributed by atoms with Crippen LogP contribution in [0.3, 0.4) is 0 Å². The topological polar surface area (TPSA) is 83.1 Å². The molecule has 28 heavy (non-hydrogen) atoms. The van der Waals surface area contributed by atoms with Crippen molar-refractivity contribution < 1.29 is 19.1 Å². The molecule has 2 N–H and O–H groups in total. The molecule has 1 saturated heterocycles. The van der Waals surface area contributed by atoms with Gasteiger partial charge in [-0.05, 0) is 24.1 Å².